The first-order valence-corrected chi connectivity index (χ1v) is 12.8. The average Bonchev–Trinajstić information content (AvgIpc) is 2.64. The Balaban J connectivity index is 2.43. The van der Waals surface area contributed by atoms with Crippen molar-refractivity contribution >= 4 is 12.7 Å². The molecule has 0 saturated heterocycles. The van der Waals surface area contributed by atoms with Gasteiger partial charge in [0.05, 0.1) is 0 Å². The van der Waals surface area contributed by atoms with Crippen LogP contribution in [0.1, 0.15) is 97.0 Å². The van der Waals surface area contributed by atoms with E-state index in [0.717, 1.165) is 32.1 Å². The summed E-state index contributed by atoms with van der Waals surface area (Å²) in [6.07, 6.45) is 15.1. The average molecular weight is 381 g/mol. The summed E-state index contributed by atoms with van der Waals surface area (Å²) in [5.41, 5.74) is 1.29. The molecule has 0 spiro atoms. The number of hydrogen-bond donors (Lipinski definition) is 1. The minimum absolute atomic E-state index is 0.359. The molecule has 0 fully saturated rings. The third-order valence-electron chi connectivity index (χ3n) is 5.46. The van der Waals surface area contributed by atoms with E-state index in [1.165, 1.54) is 50.5 Å². The number of hydrogen-bond acceptors (Lipinski definition) is 1. The van der Waals surface area contributed by atoms with E-state index in [1.54, 1.807) is 0 Å². The highest BCUT2D eigenvalue weighted by Gasteiger charge is 2.25. The van der Waals surface area contributed by atoms with Crippen molar-refractivity contribution in [1.29, 1.82) is 0 Å². The SMILES string of the molecule is CCCCCCCCCc1ccc(P(=O)(O)CC(CC)CCCC)cc1. The van der Waals surface area contributed by atoms with Crippen molar-refractivity contribution in [3.8, 4) is 0 Å². The zero-order valence-electron chi connectivity index (χ0n) is 17.4. The molecule has 0 aromatic heterocycles. The van der Waals surface area contributed by atoms with E-state index >= 15 is 0 Å². The van der Waals surface area contributed by atoms with E-state index in [1.807, 2.05) is 12.1 Å². The van der Waals surface area contributed by atoms with Gasteiger partial charge in [-0.2, -0.15) is 0 Å². The Morgan fingerprint density at radius 3 is 2.00 bits per heavy atom. The van der Waals surface area contributed by atoms with Crippen LogP contribution in [0.25, 0.3) is 0 Å². The van der Waals surface area contributed by atoms with Gasteiger partial charge in [0.25, 0.3) is 0 Å². The van der Waals surface area contributed by atoms with E-state index in [0.29, 0.717) is 17.4 Å². The molecular formula is C23H41O2P. The normalized spacial score (nSPS) is 14.9. The van der Waals surface area contributed by atoms with Gasteiger partial charge < -0.3 is 4.89 Å². The maximum Gasteiger partial charge on any atom is 0.229 e. The molecule has 1 aromatic carbocycles. The lowest BCUT2D eigenvalue weighted by Crippen LogP contribution is -2.14. The third-order valence-corrected chi connectivity index (χ3v) is 7.57. The summed E-state index contributed by atoms with van der Waals surface area (Å²) in [4.78, 5) is 10.5. The standard InChI is InChI=1S/C23H41O2P/c1-4-7-9-10-11-12-13-15-22-16-18-23(19-17-22)26(24,25)20-21(6-3)14-8-5-2/h16-19,21H,4-15,20H2,1-3H3,(H,24,25). The molecule has 1 N–H and O–H groups in total. The molecule has 0 aliphatic carbocycles. The highest BCUT2D eigenvalue weighted by Crippen LogP contribution is 2.43. The van der Waals surface area contributed by atoms with Crippen molar-refractivity contribution in [3.05, 3.63) is 29.8 Å². The molecule has 150 valence electrons. The molecule has 1 aromatic rings. The van der Waals surface area contributed by atoms with Crippen molar-refractivity contribution in [2.75, 3.05) is 6.16 Å². The maximum atomic E-state index is 12.8. The molecule has 26 heavy (non-hydrogen) atoms. The topological polar surface area (TPSA) is 37.3 Å². The van der Waals surface area contributed by atoms with Crippen molar-refractivity contribution < 1.29 is 9.46 Å². The fraction of sp³-hybridized carbons (Fsp3) is 0.739. The van der Waals surface area contributed by atoms with E-state index < -0.39 is 7.37 Å². The fourth-order valence-electron chi connectivity index (χ4n) is 3.55. The monoisotopic (exact) mass is 380 g/mol. The molecule has 2 atom stereocenters. The van der Waals surface area contributed by atoms with Gasteiger partial charge >= 0.3 is 0 Å². The number of rotatable bonds is 15. The lowest BCUT2D eigenvalue weighted by molar-refractivity contribution is 0.445. The summed E-state index contributed by atoms with van der Waals surface area (Å²) in [7, 11) is -3.23. The third kappa shape index (κ3) is 9.38. The van der Waals surface area contributed by atoms with Gasteiger partial charge in [-0.3, -0.25) is 4.57 Å². The van der Waals surface area contributed by atoms with Crippen LogP contribution in [0.2, 0.25) is 0 Å². The number of aryl methyl sites for hydroxylation is 1. The summed E-state index contributed by atoms with van der Waals surface area (Å²) >= 11 is 0. The second kappa shape index (κ2) is 13.6. The summed E-state index contributed by atoms with van der Waals surface area (Å²) in [6.45, 7) is 6.56. The van der Waals surface area contributed by atoms with Gasteiger partial charge in [0, 0.05) is 11.5 Å². The van der Waals surface area contributed by atoms with Crippen LogP contribution >= 0.6 is 7.37 Å². The van der Waals surface area contributed by atoms with E-state index in [9.17, 15) is 9.46 Å². The smallest absolute Gasteiger partial charge is 0.229 e. The first-order chi connectivity index (χ1) is 12.5. The Bertz CT molecular complexity index is 509. The van der Waals surface area contributed by atoms with Crippen LogP contribution in [-0.4, -0.2) is 11.1 Å². The second-order valence-electron chi connectivity index (χ2n) is 7.84. The Morgan fingerprint density at radius 2 is 1.42 bits per heavy atom. The zero-order chi connectivity index (χ0) is 19.3. The second-order valence-corrected chi connectivity index (χ2v) is 10.1. The quantitative estimate of drug-likeness (QED) is 0.260. The van der Waals surface area contributed by atoms with Gasteiger partial charge in [-0.1, -0.05) is 90.7 Å². The minimum atomic E-state index is -3.23. The lowest BCUT2D eigenvalue weighted by Gasteiger charge is -2.19. The van der Waals surface area contributed by atoms with Crippen molar-refractivity contribution in [2.45, 2.75) is 97.8 Å². The summed E-state index contributed by atoms with van der Waals surface area (Å²) in [6, 6.07) is 7.90. The fourth-order valence-corrected chi connectivity index (χ4v) is 5.52. The summed E-state index contributed by atoms with van der Waals surface area (Å²) in [5, 5.41) is 0.635. The van der Waals surface area contributed by atoms with Crippen molar-refractivity contribution in [2.24, 2.45) is 5.92 Å². The first-order valence-electron chi connectivity index (χ1n) is 10.9. The summed E-state index contributed by atoms with van der Waals surface area (Å²) < 4.78 is 12.8. The zero-order valence-corrected chi connectivity index (χ0v) is 18.3. The Morgan fingerprint density at radius 1 is 0.846 bits per heavy atom. The largest absolute Gasteiger partial charge is 0.341 e. The molecule has 0 heterocycles. The molecule has 1 rings (SSSR count). The van der Waals surface area contributed by atoms with Crippen LogP contribution in [0.3, 0.4) is 0 Å². The molecule has 2 unspecified atom stereocenters. The maximum absolute atomic E-state index is 12.8. The van der Waals surface area contributed by atoms with Crippen LogP contribution in [0, 0.1) is 5.92 Å². The van der Waals surface area contributed by atoms with Gasteiger partial charge in [-0.15, -0.1) is 0 Å². The van der Waals surface area contributed by atoms with Gasteiger partial charge in [0.15, 0.2) is 0 Å². The predicted octanol–water partition coefficient (Wildman–Crippen LogP) is 7.09. The van der Waals surface area contributed by atoms with Crippen molar-refractivity contribution in [3.63, 3.8) is 0 Å². The molecule has 0 amide bonds. The molecule has 3 heteroatoms. The Hall–Kier alpha value is -0.590. The predicted molar refractivity (Wildman–Crippen MR) is 116 cm³/mol. The van der Waals surface area contributed by atoms with Crippen LogP contribution in [-0.2, 0) is 11.0 Å². The van der Waals surface area contributed by atoms with Crippen LogP contribution in [0.5, 0.6) is 0 Å². The van der Waals surface area contributed by atoms with Crippen LogP contribution in [0.15, 0.2) is 24.3 Å². The highest BCUT2D eigenvalue weighted by molar-refractivity contribution is 7.66. The van der Waals surface area contributed by atoms with E-state index in [2.05, 4.69) is 32.9 Å². The molecule has 0 radical (unpaired) electrons. The van der Waals surface area contributed by atoms with Crippen LogP contribution in [0.4, 0.5) is 0 Å². The van der Waals surface area contributed by atoms with Gasteiger partial charge in [-0.05, 0) is 42.9 Å². The molecular weight excluding hydrogens is 339 g/mol. The van der Waals surface area contributed by atoms with Gasteiger partial charge in [-0.25, -0.2) is 0 Å². The highest BCUT2D eigenvalue weighted by atomic mass is 31.2. The molecule has 0 bridgehead atoms. The van der Waals surface area contributed by atoms with Crippen molar-refractivity contribution in [1.82, 2.24) is 0 Å². The Kier molecular flexibility index (Phi) is 12.2. The van der Waals surface area contributed by atoms with Crippen LogP contribution < -0.4 is 5.30 Å². The van der Waals surface area contributed by atoms with Gasteiger partial charge in [0.2, 0.25) is 7.37 Å². The first kappa shape index (κ1) is 23.4. The van der Waals surface area contributed by atoms with E-state index in [-0.39, 0.29) is 0 Å². The summed E-state index contributed by atoms with van der Waals surface area (Å²) in [5.74, 6) is 0.359. The molecule has 0 saturated carbocycles. The lowest BCUT2D eigenvalue weighted by atomic mass is 10.0. The minimum Gasteiger partial charge on any atom is -0.341 e. The Labute approximate surface area is 162 Å². The van der Waals surface area contributed by atoms with E-state index in [4.69, 9.17) is 0 Å². The number of unbranched alkanes of at least 4 members (excludes halogenated alkanes) is 7. The molecule has 0 aliphatic rings. The number of benzene rings is 1. The molecule has 0 aliphatic heterocycles. The molecule has 2 nitrogen and oxygen atoms in total. The van der Waals surface area contributed by atoms with Gasteiger partial charge in [0.1, 0.15) is 0 Å².